The zero-order valence-electron chi connectivity index (χ0n) is 44.7. The van der Waals surface area contributed by atoms with Crippen molar-refractivity contribution in [3.63, 3.8) is 0 Å². The Bertz CT molecular complexity index is 2880. The van der Waals surface area contributed by atoms with Crippen molar-refractivity contribution in [1.82, 2.24) is 36.1 Å². The average molecular weight is 1090 g/mol. The molecule has 2 aliphatic heterocycles. The van der Waals surface area contributed by atoms with Gasteiger partial charge in [0.2, 0.25) is 0 Å². The largest absolute Gasteiger partial charge is 0.851 e. The van der Waals surface area contributed by atoms with Gasteiger partial charge in [0, 0.05) is 96.4 Å². The fourth-order valence-electron chi connectivity index (χ4n) is 7.90. The molecule has 2 aromatic carbocycles. The topological polar surface area (TPSA) is 388 Å². The maximum atomic E-state index is 12.8. The molecule has 3 aliphatic rings. The number of rotatable bonds is 16. The highest BCUT2D eigenvalue weighted by Gasteiger charge is 2.34. The van der Waals surface area contributed by atoms with E-state index in [0.29, 0.717) is 19.7 Å². The molecule has 2 aromatic heterocycles. The summed E-state index contributed by atoms with van der Waals surface area (Å²) in [5.74, 6) is -4.07. The Labute approximate surface area is 461 Å². The minimum absolute atomic E-state index is 0.0493. The number of allylic oxidation sites excluding steroid dienone is 4. The van der Waals surface area contributed by atoms with Crippen molar-refractivity contribution in [2.75, 3.05) is 63.9 Å². The third-order valence-corrected chi connectivity index (χ3v) is 12.2. The Hall–Kier alpha value is -9.54. The quantitative estimate of drug-likeness (QED) is 0.0270. The van der Waals surface area contributed by atoms with E-state index in [1.165, 1.54) is 24.3 Å². The minimum Gasteiger partial charge on any atom is -0.851 e. The van der Waals surface area contributed by atoms with Crippen LogP contribution in [0.2, 0.25) is 0 Å². The Morgan fingerprint density at radius 1 is 0.750 bits per heavy atom. The number of nitrogens with zero attached hydrogens (tertiary/aromatic N) is 13. The molecule has 80 heavy (non-hydrogen) atoms. The zero-order chi connectivity index (χ0) is 58.4. The van der Waals surface area contributed by atoms with Crippen molar-refractivity contribution in [2.45, 2.75) is 58.9 Å². The van der Waals surface area contributed by atoms with Gasteiger partial charge in [-0.2, -0.15) is 0 Å². The van der Waals surface area contributed by atoms with E-state index in [-0.39, 0.29) is 72.9 Å². The molecule has 6 bridgehead atoms. The van der Waals surface area contributed by atoms with Gasteiger partial charge in [0.05, 0.1) is 6.61 Å². The number of fused-ring (bicyclic) bond motifs is 13. The molecule has 1 fully saturated rings. The van der Waals surface area contributed by atoms with E-state index in [9.17, 15) is 34.2 Å². The number of hydrogen-bond acceptors (Lipinski definition) is 15. The number of hydrogen-bond donors (Lipinski definition) is 5. The second kappa shape index (κ2) is 33.6. The molecule has 2 atom stereocenters. The van der Waals surface area contributed by atoms with E-state index in [1.54, 1.807) is 61.6 Å². The molecule has 7 rings (SSSR count). The number of carboxylic acid groups (broad SMARTS) is 1. The van der Waals surface area contributed by atoms with Gasteiger partial charge in [0.15, 0.2) is 0 Å². The van der Waals surface area contributed by atoms with Crippen LogP contribution >= 0.6 is 0 Å². The van der Waals surface area contributed by atoms with Crippen molar-refractivity contribution in [3.8, 4) is 0 Å². The van der Waals surface area contributed by atoms with Gasteiger partial charge >= 0.3 is 5.97 Å². The van der Waals surface area contributed by atoms with Gasteiger partial charge in [-0.15, -0.1) is 12.2 Å². The predicted octanol–water partition coefficient (Wildman–Crippen LogP) is 6.32. The van der Waals surface area contributed by atoms with Crippen molar-refractivity contribution in [1.29, 1.82) is 0 Å². The molecule has 0 saturated heterocycles. The fraction of sp³-hybridized carbons (Fsp3) is 0.352. The van der Waals surface area contributed by atoms with Crippen LogP contribution in [-0.2, 0) is 22.6 Å². The number of likely N-dealkylation sites (N-methyl/N-ethyl adjacent to an activating group) is 2. The van der Waals surface area contributed by atoms with Crippen molar-refractivity contribution >= 4 is 46.7 Å². The Kier molecular flexibility index (Phi) is 26.4. The number of ether oxygens (including phenoxy) is 1. The molecule has 4 heterocycles. The molecule has 2 unspecified atom stereocenters. The average Bonchev–Trinajstić information content (AvgIpc) is 3.57. The van der Waals surface area contributed by atoms with Gasteiger partial charge in [-0.3, -0.25) is 19.2 Å². The first-order valence-corrected chi connectivity index (χ1v) is 25.3. The molecule has 1 saturated carbocycles. The number of benzene rings is 2. The molecular weight excluding hydrogens is 1030 g/mol. The van der Waals surface area contributed by atoms with Crippen LogP contribution in [0.25, 0.3) is 31.3 Å². The summed E-state index contributed by atoms with van der Waals surface area (Å²) in [5, 5.41) is 53.5. The summed E-state index contributed by atoms with van der Waals surface area (Å²) in [6.45, 7) is 15.4. The number of aliphatic carboxylic acids is 1. The summed E-state index contributed by atoms with van der Waals surface area (Å²) in [7, 11) is 0. The lowest BCUT2D eigenvalue weighted by Crippen LogP contribution is -2.64. The molecule has 0 spiro atoms. The fourth-order valence-corrected chi connectivity index (χ4v) is 7.90. The molecular formula is C54H63N17O9-2. The molecule has 26 nitrogen and oxygen atoms in total. The van der Waals surface area contributed by atoms with Gasteiger partial charge in [0.25, 0.3) is 23.6 Å². The van der Waals surface area contributed by atoms with Crippen LogP contribution in [0.15, 0.2) is 137 Å². The van der Waals surface area contributed by atoms with Crippen LogP contribution in [0.1, 0.15) is 92.3 Å². The summed E-state index contributed by atoms with van der Waals surface area (Å²) in [6.07, 6.45) is 8.71. The van der Waals surface area contributed by atoms with Crippen LogP contribution in [-0.4, -0.2) is 121 Å². The van der Waals surface area contributed by atoms with E-state index >= 15 is 0 Å². The van der Waals surface area contributed by atoms with Gasteiger partial charge in [-0.1, -0.05) is 102 Å². The monoisotopic (exact) mass is 1090 g/mol. The molecule has 4 amide bonds. The lowest BCUT2D eigenvalue weighted by molar-refractivity contribution is -0.547. The molecule has 26 heteroatoms. The van der Waals surface area contributed by atoms with E-state index in [1.807, 2.05) is 44.2 Å². The van der Waals surface area contributed by atoms with Crippen LogP contribution < -0.4 is 36.4 Å². The highest BCUT2D eigenvalue weighted by Crippen LogP contribution is 2.39. The summed E-state index contributed by atoms with van der Waals surface area (Å²) < 4.78 is 5.05. The van der Waals surface area contributed by atoms with Gasteiger partial charge < -0.3 is 51.1 Å². The predicted molar refractivity (Wildman–Crippen MR) is 295 cm³/mol. The lowest BCUT2D eigenvalue weighted by Gasteiger charge is -2.60. The standard InChI is InChI=1S/C28H24N12O4.C17H23NO5.C9H16N4/c29-39-37-19-11-21-25(41)31-9-3-1-2-4-10-32-26(42)22-12-20(38-40-30)14-24(36-22)28(44)34-16-18-7-5-17(6-8-18)15-33-27(43)23(13-19)35-21;1-3-18(8-9-23-10-14(19)20)13-6-4-12(5-7-13)15-16(21)11(2)17(15)22;1-4-9(5-2)13(6-3)8-7-11-12-10/h1-8,11-14H,9-10,15-16H2,(H,31,41)(H,32,42)(H,33,43)(H,34,44);4-7,11,15-17H,3,8-10H2,1-2H3,(H,19,20);4-5H,1,6-8H2,2-3H3/q;-2;/b;;9-5+. The summed E-state index contributed by atoms with van der Waals surface area (Å²) in [6, 6.07) is 19.6. The number of aromatic nitrogens is 2. The van der Waals surface area contributed by atoms with Crippen molar-refractivity contribution < 1.29 is 44.0 Å². The number of amides is 4. The lowest BCUT2D eigenvalue weighted by atomic mass is 9.67. The Balaban J connectivity index is 0.000000316. The van der Waals surface area contributed by atoms with Crippen molar-refractivity contribution in [3.05, 3.63) is 192 Å². The number of carbonyl (C=O) groups excluding carboxylic acids is 4. The third-order valence-electron chi connectivity index (χ3n) is 12.2. The maximum absolute atomic E-state index is 12.8. The first-order valence-electron chi connectivity index (χ1n) is 25.3. The van der Waals surface area contributed by atoms with Crippen LogP contribution in [0.4, 0.5) is 17.1 Å². The summed E-state index contributed by atoms with van der Waals surface area (Å²) in [4.78, 5) is 82.0. The number of carbonyl (C=O) groups is 5. The first-order chi connectivity index (χ1) is 38.6. The second-order valence-electron chi connectivity index (χ2n) is 17.4. The molecule has 5 N–H and O–H groups in total. The van der Waals surface area contributed by atoms with Crippen molar-refractivity contribution in [2.24, 2.45) is 21.3 Å². The minimum atomic E-state index is -0.980. The number of carboxylic acids is 1. The Morgan fingerprint density at radius 2 is 1.23 bits per heavy atom. The summed E-state index contributed by atoms with van der Waals surface area (Å²) >= 11 is 0. The maximum Gasteiger partial charge on any atom is 0.329 e. The van der Waals surface area contributed by atoms with Crippen LogP contribution in [0.3, 0.4) is 0 Å². The van der Waals surface area contributed by atoms with E-state index in [0.717, 1.165) is 47.7 Å². The third kappa shape index (κ3) is 19.8. The SMILES string of the molecule is C=C/C(=C\C)N(CC)CCN=[N+]=[N-].CCN(CCOCC(=O)O)c1ccc(C2C([O-])C(C)C2[O-])cc1.[N-]=[N+]=Nc1cc2nc(c1)C(=O)NCc1ccc(cc1)CNC(=O)c1cc(N=[N+]=[N-])cc(n1)C(=O)NCC=CC=CCNC2=O. The van der Waals surface area contributed by atoms with Crippen LogP contribution in [0.5, 0.6) is 0 Å². The molecule has 1 aliphatic carbocycles. The first kappa shape index (κ1) is 63.0. The summed E-state index contributed by atoms with van der Waals surface area (Å²) in [5.41, 5.74) is 29.8. The van der Waals surface area contributed by atoms with Gasteiger partial charge in [-0.25, -0.2) is 14.8 Å². The highest BCUT2D eigenvalue weighted by molar-refractivity contribution is 5.98. The van der Waals surface area contributed by atoms with Crippen LogP contribution in [0, 0.1) is 5.92 Å². The van der Waals surface area contributed by atoms with E-state index in [4.69, 9.17) is 26.4 Å². The molecule has 420 valence electrons. The molecule has 0 radical (unpaired) electrons. The Morgan fingerprint density at radius 3 is 1.62 bits per heavy atom. The number of nitrogens with one attached hydrogen (secondary N) is 4. The zero-order valence-corrected chi connectivity index (χ0v) is 44.7. The smallest absolute Gasteiger partial charge is 0.329 e. The molecule has 4 aromatic rings. The second-order valence-corrected chi connectivity index (χ2v) is 17.4. The van der Waals surface area contributed by atoms with Gasteiger partial charge in [-0.05, 0) is 102 Å². The van der Waals surface area contributed by atoms with Gasteiger partial charge in [0.1, 0.15) is 29.4 Å². The highest BCUT2D eigenvalue weighted by atomic mass is 16.5. The van der Waals surface area contributed by atoms with E-state index < -0.39 is 47.7 Å². The number of anilines is 1. The normalized spacial score (nSPS) is 17.2. The number of pyridine rings is 2. The van der Waals surface area contributed by atoms with E-state index in [2.05, 4.69) is 84.6 Å². The number of azide groups is 3.